The van der Waals surface area contributed by atoms with Crippen molar-refractivity contribution < 1.29 is 4.79 Å². The van der Waals surface area contributed by atoms with Gasteiger partial charge >= 0.3 is 0 Å². The molecular weight excluding hydrogens is 314 g/mol. The summed E-state index contributed by atoms with van der Waals surface area (Å²) in [5.74, 6) is 0.401. The third kappa shape index (κ3) is 3.24. The summed E-state index contributed by atoms with van der Waals surface area (Å²) in [6.07, 6.45) is 7.39. The number of hydrogen-bond acceptors (Lipinski definition) is 4. The molecule has 2 aromatic heterocycles. The summed E-state index contributed by atoms with van der Waals surface area (Å²) in [5.41, 5.74) is 3.83. The van der Waals surface area contributed by atoms with E-state index in [1.165, 1.54) is 0 Å². The standard InChI is InChI=1S/C19H21N5O/c1-14-9-20-10-17(22-14)15-5-4-8-23(11-15)19(25)12-24-13-21-16-6-2-3-7-18(16)24/h2-3,6-7,9-10,13,15H,4-5,8,11-12H2,1H3. The van der Waals surface area contributed by atoms with Gasteiger partial charge in [-0.15, -0.1) is 0 Å². The Hall–Kier alpha value is -2.76. The number of fused-ring (bicyclic) bond motifs is 1. The molecule has 128 valence electrons. The molecule has 3 aromatic rings. The number of carbonyl (C=O) groups is 1. The molecule has 1 aliphatic rings. The molecule has 1 aromatic carbocycles. The zero-order chi connectivity index (χ0) is 17.2. The molecule has 1 aliphatic heterocycles. The average Bonchev–Trinajstić information content (AvgIpc) is 3.05. The summed E-state index contributed by atoms with van der Waals surface area (Å²) in [4.78, 5) is 27.9. The number of carbonyl (C=O) groups excluding carboxylic acids is 1. The molecule has 1 atom stereocenters. The van der Waals surface area contributed by atoms with Crippen LogP contribution in [-0.2, 0) is 11.3 Å². The van der Waals surface area contributed by atoms with Gasteiger partial charge in [0.05, 0.1) is 28.7 Å². The van der Waals surface area contributed by atoms with E-state index in [4.69, 9.17) is 0 Å². The van der Waals surface area contributed by atoms with Gasteiger partial charge in [-0.2, -0.15) is 0 Å². The summed E-state index contributed by atoms with van der Waals surface area (Å²) in [6.45, 7) is 3.80. The first kappa shape index (κ1) is 15.7. The summed E-state index contributed by atoms with van der Waals surface area (Å²) in [5, 5.41) is 0. The van der Waals surface area contributed by atoms with Gasteiger partial charge in [-0.25, -0.2) is 4.98 Å². The first-order chi connectivity index (χ1) is 12.2. The lowest BCUT2D eigenvalue weighted by Gasteiger charge is -2.32. The Morgan fingerprint density at radius 3 is 3.04 bits per heavy atom. The molecule has 1 fully saturated rings. The van der Waals surface area contributed by atoms with Crippen molar-refractivity contribution in [2.45, 2.75) is 32.2 Å². The Kier molecular flexibility index (Phi) is 4.17. The Morgan fingerprint density at radius 1 is 1.28 bits per heavy atom. The van der Waals surface area contributed by atoms with Gasteiger partial charge < -0.3 is 9.47 Å². The van der Waals surface area contributed by atoms with Crippen LogP contribution in [-0.4, -0.2) is 43.4 Å². The molecule has 1 amide bonds. The third-order valence-electron chi connectivity index (χ3n) is 4.80. The van der Waals surface area contributed by atoms with Gasteiger partial charge in [-0.1, -0.05) is 12.1 Å². The van der Waals surface area contributed by atoms with E-state index in [-0.39, 0.29) is 11.8 Å². The van der Waals surface area contributed by atoms with Crippen molar-refractivity contribution in [3.8, 4) is 0 Å². The number of likely N-dealkylation sites (tertiary alicyclic amines) is 1. The summed E-state index contributed by atoms with van der Waals surface area (Å²) in [6, 6.07) is 7.89. The molecule has 4 rings (SSSR count). The van der Waals surface area contributed by atoms with E-state index in [1.54, 1.807) is 12.5 Å². The highest BCUT2D eigenvalue weighted by atomic mass is 16.2. The molecule has 0 spiro atoms. The van der Waals surface area contributed by atoms with Gasteiger partial charge in [0, 0.05) is 31.4 Å². The highest BCUT2D eigenvalue weighted by Gasteiger charge is 2.26. The Balaban J connectivity index is 1.48. The van der Waals surface area contributed by atoms with Gasteiger partial charge in [0.15, 0.2) is 0 Å². The van der Waals surface area contributed by atoms with E-state index >= 15 is 0 Å². The van der Waals surface area contributed by atoms with Crippen LogP contribution in [0.1, 0.15) is 30.1 Å². The SMILES string of the molecule is Cc1cncc(C2CCCN(C(=O)Cn3cnc4ccccc43)C2)n1. The molecule has 1 saturated heterocycles. The second-order valence-electron chi connectivity index (χ2n) is 6.63. The third-order valence-corrected chi connectivity index (χ3v) is 4.80. The van der Waals surface area contributed by atoms with Gasteiger partial charge in [0.25, 0.3) is 0 Å². The van der Waals surface area contributed by atoms with Crippen LogP contribution in [0.25, 0.3) is 11.0 Å². The van der Waals surface area contributed by atoms with Crippen LogP contribution in [0.4, 0.5) is 0 Å². The fourth-order valence-corrected chi connectivity index (χ4v) is 3.51. The minimum atomic E-state index is 0.133. The fraction of sp³-hybridized carbons (Fsp3) is 0.368. The summed E-state index contributed by atoms with van der Waals surface area (Å²) < 4.78 is 1.92. The van der Waals surface area contributed by atoms with E-state index in [9.17, 15) is 4.79 Å². The normalized spacial score (nSPS) is 17.8. The maximum Gasteiger partial charge on any atom is 0.242 e. The van der Waals surface area contributed by atoms with Crippen LogP contribution in [0.15, 0.2) is 43.0 Å². The van der Waals surface area contributed by atoms with E-state index in [2.05, 4.69) is 15.0 Å². The number of aromatic nitrogens is 4. The van der Waals surface area contributed by atoms with Crippen molar-refractivity contribution in [1.82, 2.24) is 24.4 Å². The zero-order valence-electron chi connectivity index (χ0n) is 14.3. The second kappa shape index (κ2) is 6.63. The van der Waals surface area contributed by atoms with Gasteiger partial charge in [-0.05, 0) is 31.9 Å². The minimum Gasteiger partial charge on any atom is -0.340 e. The molecule has 6 nitrogen and oxygen atoms in total. The fourth-order valence-electron chi connectivity index (χ4n) is 3.51. The Morgan fingerprint density at radius 2 is 2.16 bits per heavy atom. The van der Waals surface area contributed by atoms with Crippen molar-refractivity contribution in [1.29, 1.82) is 0 Å². The summed E-state index contributed by atoms with van der Waals surface area (Å²) in [7, 11) is 0. The number of piperidine rings is 1. The number of hydrogen-bond donors (Lipinski definition) is 0. The number of nitrogens with zero attached hydrogens (tertiary/aromatic N) is 5. The van der Waals surface area contributed by atoms with Crippen molar-refractivity contribution in [3.63, 3.8) is 0 Å². The Labute approximate surface area is 146 Å². The number of para-hydroxylation sites is 2. The van der Waals surface area contributed by atoms with Gasteiger partial charge in [0.1, 0.15) is 6.54 Å². The first-order valence-electron chi connectivity index (χ1n) is 8.67. The lowest BCUT2D eigenvalue weighted by atomic mass is 9.95. The topological polar surface area (TPSA) is 63.9 Å². The van der Waals surface area contributed by atoms with E-state index in [1.807, 2.05) is 46.9 Å². The van der Waals surface area contributed by atoms with Gasteiger partial charge in [-0.3, -0.25) is 14.8 Å². The monoisotopic (exact) mass is 335 g/mol. The lowest BCUT2D eigenvalue weighted by molar-refractivity contribution is -0.133. The number of benzene rings is 1. The minimum absolute atomic E-state index is 0.133. The molecule has 1 unspecified atom stereocenters. The lowest BCUT2D eigenvalue weighted by Crippen LogP contribution is -2.41. The quantitative estimate of drug-likeness (QED) is 0.738. The van der Waals surface area contributed by atoms with Crippen LogP contribution >= 0.6 is 0 Å². The van der Waals surface area contributed by atoms with Crippen LogP contribution in [0.2, 0.25) is 0 Å². The molecule has 0 radical (unpaired) electrons. The van der Waals surface area contributed by atoms with E-state index < -0.39 is 0 Å². The number of rotatable bonds is 3. The maximum absolute atomic E-state index is 12.8. The van der Waals surface area contributed by atoms with Crippen LogP contribution < -0.4 is 0 Å². The highest BCUT2D eigenvalue weighted by molar-refractivity contribution is 5.80. The highest BCUT2D eigenvalue weighted by Crippen LogP contribution is 2.25. The number of imidazole rings is 1. The predicted octanol–water partition coefficient (Wildman–Crippen LogP) is 2.54. The molecule has 0 N–H and O–H groups in total. The maximum atomic E-state index is 12.8. The van der Waals surface area contributed by atoms with Crippen LogP contribution in [0.5, 0.6) is 0 Å². The van der Waals surface area contributed by atoms with Gasteiger partial charge in [0.2, 0.25) is 5.91 Å². The second-order valence-corrected chi connectivity index (χ2v) is 6.63. The molecule has 0 bridgehead atoms. The zero-order valence-corrected chi connectivity index (χ0v) is 14.3. The first-order valence-corrected chi connectivity index (χ1v) is 8.67. The predicted molar refractivity (Wildman–Crippen MR) is 95.1 cm³/mol. The molecule has 25 heavy (non-hydrogen) atoms. The summed E-state index contributed by atoms with van der Waals surface area (Å²) >= 11 is 0. The molecule has 6 heteroatoms. The van der Waals surface area contributed by atoms with Crippen LogP contribution in [0.3, 0.4) is 0 Å². The van der Waals surface area contributed by atoms with Crippen molar-refractivity contribution in [2.24, 2.45) is 0 Å². The average molecular weight is 335 g/mol. The molecule has 0 aliphatic carbocycles. The number of amides is 1. The Bertz CT molecular complexity index is 903. The van der Waals surface area contributed by atoms with Crippen molar-refractivity contribution >= 4 is 16.9 Å². The largest absolute Gasteiger partial charge is 0.340 e. The van der Waals surface area contributed by atoms with Crippen molar-refractivity contribution in [3.05, 3.63) is 54.4 Å². The van der Waals surface area contributed by atoms with E-state index in [0.717, 1.165) is 41.8 Å². The molecule has 3 heterocycles. The smallest absolute Gasteiger partial charge is 0.242 e. The van der Waals surface area contributed by atoms with Crippen LogP contribution in [0, 0.1) is 6.92 Å². The molecular formula is C19H21N5O. The molecule has 0 saturated carbocycles. The van der Waals surface area contributed by atoms with Crippen molar-refractivity contribution in [2.75, 3.05) is 13.1 Å². The van der Waals surface area contributed by atoms with E-state index in [0.29, 0.717) is 13.1 Å². The number of aryl methyl sites for hydroxylation is 1.